The molecule has 1 saturated heterocycles. The fourth-order valence-corrected chi connectivity index (χ4v) is 3.29. The predicted octanol–water partition coefficient (Wildman–Crippen LogP) is 4.30. The monoisotopic (exact) mass is 518 g/mol. The highest BCUT2D eigenvalue weighted by atomic mass is 127. The summed E-state index contributed by atoms with van der Waals surface area (Å²) >= 11 is 0. The number of anilines is 1. The van der Waals surface area contributed by atoms with Crippen LogP contribution >= 0.6 is 24.0 Å². The first-order chi connectivity index (χ1) is 13.6. The number of aliphatic imine (C=N–C) groups is 1. The first kappa shape index (κ1) is 23.3. The smallest absolute Gasteiger partial charge is 0.191 e. The maximum atomic E-state index is 13.7. The highest BCUT2D eigenvalue weighted by molar-refractivity contribution is 14.0. The highest BCUT2D eigenvalue weighted by Crippen LogP contribution is 2.25. The summed E-state index contributed by atoms with van der Waals surface area (Å²) in [4.78, 5) is 6.51. The molecule has 1 unspecified atom stereocenters. The summed E-state index contributed by atoms with van der Waals surface area (Å²) < 4.78 is 40.3. The molecule has 1 atom stereocenters. The number of nitrogens with zero attached hydrogens (tertiary/aromatic N) is 2. The minimum absolute atomic E-state index is 0. The van der Waals surface area contributed by atoms with Crippen LogP contribution in [0.2, 0.25) is 0 Å². The topological polar surface area (TPSA) is 39.7 Å². The van der Waals surface area contributed by atoms with E-state index in [1.54, 1.807) is 24.3 Å². The summed E-state index contributed by atoms with van der Waals surface area (Å²) in [6, 6.07) is 10.6. The second-order valence-corrected chi connectivity index (χ2v) is 6.87. The zero-order valence-electron chi connectivity index (χ0n) is 16.3. The molecular formula is C21H26F3IN4. The average molecular weight is 518 g/mol. The van der Waals surface area contributed by atoms with Gasteiger partial charge >= 0.3 is 0 Å². The van der Waals surface area contributed by atoms with Gasteiger partial charge in [-0.3, -0.25) is 0 Å². The number of rotatable bonds is 6. The number of benzene rings is 2. The van der Waals surface area contributed by atoms with Crippen molar-refractivity contribution in [3.8, 4) is 0 Å². The minimum atomic E-state index is -0.831. The fraction of sp³-hybridized carbons (Fsp3) is 0.381. The van der Waals surface area contributed by atoms with Crippen LogP contribution in [0.3, 0.4) is 0 Å². The molecular weight excluding hydrogens is 492 g/mol. The summed E-state index contributed by atoms with van der Waals surface area (Å²) in [6.45, 7) is 5.18. The second kappa shape index (κ2) is 11.3. The molecule has 158 valence electrons. The van der Waals surface area contributed by atoms with E-state index in [2.05, 4.69) is 20.5 Å². The van der Waals surface area contributed by atoms with Crippen molar-refractivity contribution in [2.45, 2.75) is 19.9 Å². The van der Waals surface area contributed by atoms with Crippen LogP contribution < -0.4 is 15.5 Å². The quantitative estimate of drug-likeness (QED) is 0.341. The Bertz CT molecular complexity index is 831. The normalized spacial score (nSPS) is 16.5. The van der Waals surface area contributed by atoms with Crippen LogP contribution in [0.15, 0.2) is 47.5 Å². The van der Waals surface area contributed by atoms with Crippen molar-refractivity contribution in [1.82, 2.24) is 10.6 Å². The zero-order chi connectivity index (χ0) is 19.9. The molecule has 29 heavy (non-hydrogen) atoms. The SMILES string of the molecule is CCNC(=NCc1ccccc1F)NCC1CCN(c2ccc(F)c(F)c2)C1.I. The molecule has 0 saturated carbocycles. The van der Waals surface area contributed by atoms with Crippen LogP contribution in [-0.2, 0) is 6.54 Å². The van der Waals surface area contributed by atoms with Crippen molar-refractivity contribution in [1.29, 1.82) is 0 Å². The standard InChI is InChI=1S/C21H25F3N4.HI/c1-2-25-21(27-13-16-5-3-4-6-18(16)22)26-12-15-9-10-28(14-15)17-7-8-19(23)20(24)11-17;/h3-8,11,15H,2,9-10,12-14H2,1H3,(H2,25,26,27);1H. The van der Waals surface area contributed by atoms with E-state index < -0.39 is 11.6 Å². The van der Waals surface area contributed by atoms with Crippen LogP contribution in [0.1, 0.15) is 18.9 Å². The Morgan fingerprint density at radius 3 is 2.59 bits per heavy atom. The Hall–Kier alpha value is -1.97. The van der Waals surface area contributed by atoms with Gasteiger partial charge in [-0.1, -0.05) is 18.2 Å². The third-order valence-corrected chi connectivity index (χ3v) is 4.82. The molecule has 2 aromatic carbocycles. The number of hydrogen-bond donors (Lipinski definition) is 2. The number of hydrogen-bond acceptors (Lipinski definition) is 2. The van der Waals surface area contributed by atoms with Crippen LogP contribution in [0.25, 0.3) is 0 Å². The lowest BCUT2D eigenvalue weighted by atomic mass is 10.1. The molecule has 0 aromatic heterocycles. The van der Waals surface area contributed by atoms with E-state index in [0.717, 1.165) is 25.6 Å². The summed E-state index contributed by atoms with van der Waals surface area (Å²) in [7, 11) is 0. The molecule has 0 spiro atoms. The van der Waals surface area contributed by atoms with E-state index in [-0.39, 0.29) is 36.3 Å². The second-order valence-electron chi connectivity index (χ2n) is 6.87. The van der Waals surface area contributed by atoms with Gasteiger partial charge in [-0.15, -0.1) is 24.0 Å². The maximum absolute atomic E-state index is 13.7. The maximum Gasteiger partial charge on any atom is 0.191 e. The molecule has 0 bridgehead atoms. The van der Waals surface area contributed by atoms with Gasteiger partial charge < -0.3 is 15.5 Å². The van der Waals surface area contributed by atoms with Crippen molar-refractivity contribution in [3.05, 3.63) is 65.5 Å². The molecule has 1 heterocycles. The zero-order valence-corrected chi connectivity index (χ0v) is 18.6. The van der Waals surface area contributed by atoms with Gasteiger partial charge in [0.05, 0.1) is 6.54 Å². The summed E-state index contributed by atoms with van der Waals surface area (Å²) in [6.07, 6.45) is 0.943. The first-order valence-corrected chi connectivity index (χ1v) is 9.52. The van der Waals surface area contributed by atoms with Crippen LogP contribution in [0, 0.1) is 23.4 Å². The number of nitrogens with one attached hydrogen (secondary N) is 2. The number of halogens is 4. The largest absolute Gasteiger partial charge is 0.371 e. The van der Waals surface area contributed by atoms with Gasteiger partial charge in [-0.25, -0.2) is 18.2 Å². The van der Waals surface area contributed by atoms with Gasteiger partial charge in [0, 0.05) is 43.5 Å². The van der Waals surface area contributed by atoms with E-state index in [1.807, 2.05) is 6.92 Å². The highest BCUT2D eigenvalue weighted by Gasteiger charge is 2.23. The van der Waals surface area contributed by atoms with E-state index in [9.17, 15) is 13.2 Å². The Morgan fingerprint density at radius 1 is 1.07 bits per heavy atom. The van der Waals surface area contributed by atoms with Gasteiger partial charge in [0.25, 0.3) is 0 Å². The molecule has 2 aromatic rings. The van der Waals surface area contributed by atoms with E-state index >= 15 is 0 Å². The lowest BCUT2D eigenvalue weighted by molar-refractivity contribution is 0.508. The van der Waals surface area contributed by atoms with Crippen molar-refractivity contribution in [2.75, 3.05) is 31.1 Å². The van der Waals surface area contributed by atoms with E-state index in [1.165, 1.54) is 12.1 Å². The molecule has 2 N–H and O–H groups in total. The number of guanidine groups is 1. The van der Waals surface area contributed by atoms with Crippen molar-refractivity contribution in [3.63, 3.8) is 0 Å². The molecule has 0 amide bonds. The molecule has 4 nitrogen and oxygen atoms in total. The molecule has 0 aliphatic carbocycles. The molecule has 1 fully saturated rings. The molecule has 1 aliphatic rings. The van der Waals surface area contributed by atoms with Gasteiger partial charge in [-0.2, -0.15) is 0 Å². The Kier molecular flexibility index (Phi) is 9.06. The lowest BCUT2D eigenvalue weighted by Gasteiger charge is -2.19. The van der Waals surface area contributed by atoms with E-state index in [4.69, 9.17) is 0 Å². The summed E-state index contributed by atoms with van der Waals surface area (Å²) in [5, 5.41) is 6.46. The summed E-state index contributed by atoms with van der Waals surface area (Å²) in [5.74, 6) is -0.932. The Labute approximate surface area is 186 Å². The van der Waals surface area contributed by atoms with Crippen LogP contribution in [0.5, 0.6) is 0 Å². The van der Waals surface area contributed by atoms with Gasteiger partial charge in [0.1, 0.15) is 5.82 Å². The molecule has 8 heteroatoms. The van der Waals surface area contributed by atoms with Gasteiger partial charge in [0.2, 0.25) is 0 Å². The van der Waals surface area contributed by atoms with E-state index in [0.29, 0.717) is 36.2 Å². The van der Waals surface area contributed by atoms with Gasteiger partial charge in [-0.05, 0) is 37.5 Å². The Morgan fingerprint density at radius 2 is 1.86 bits per heavy atom. The first-order valence-electron chi connectivity index (χ1n) is 9.52. The Balaban J connectivity index is 0.00000300. The minimum Gasteiger partial charge on any atom is -0.371 e. The van der Waals surface area contributed by atoms with Crippen molar-refractivity contribution < 1.29 is 13.2 Å². The summed E-state index contributed by atoms with van der Waals surface area (Å²) in [5.41, 5.74) is 1.24. The van der Waals surface area contributed by atoms with Gasteiger partial charge in [0.15, 0.2) is 17.6 Å². The fourth-order valence-electron chi connectivity index (χ4n) is 3.29. The third kappa shape index (κ3) is 6.52. The molecule has 0 radical (unpaired) electrons. The van der Waals surface area contributed by atoms with Crippen molar-refractivity contribution in [2.24, 2.45) is 10.9 Å². The lowest BCUT2D eigenvalue weighted by Crippen LogP contribution is -2.40. The van der Waals surface area contributed by atoms with Crippen molar-refractivity contribution >= 4 is 35.6 Å². The van der Waals surface area contributed by atoms with Crippen LogP contribution in [-0.4, -0.2) is 32.1 Å². The predicted molar refractivity (Wildman–Crippen MR) is 121 cm³/mol. The third-order valence-electron chi connectivity index (χ3n) is 4.82. The average Bonchev–Trinajstić information content (AvgIpc) is 3.16. The molecule has 3 rings (SSSR count). The molecule has 1 aliphatic heterocycles. The van der Waals surface area contributed by atoms with Crippen LogP contribution in [0.4, 0.5) is 18.9 Å².